The smallest absolute Gasteiger partial charge is 0.407 e. The molecule has 0 aliphatic rings. The van der Waals surface area contributed by atoms with E-state index in [1.54, 1.807) is 27.9 Å². The third kappa shape index (κ3) is 6.16. The van der Waals surface area contributed by atoms with E-state index < -0.39 is 11.7 Å². The summed E-state index contributed by atoms with van der Waals surface area (Å²) < 4.78 is 10.4. The van der Waals surface area contributed by atoms with Crippen LogP contribution in [0.3, 0.4) is 0 Å². The summed E-state index contributed by atoms with van der Waals surface area (Å²) in [5.41, 5.74) is 0.396. The van der Waals surface area contributed by atoms with Crippen LogP contribution in [0.25, 0.3) is 10.8 Å². The lowest BCUT2D eigenvalue weighted by atomic mass is 9.97. The molecule has 2 amide bonds. The van der Waals surface area contributed by atoms with Crippen molar-refractivity contribution in [2.75, 3.05) is 20.2 Å². The van der Waals surface area contributed by atoms with E-state index in [1.807, 2.05) is 43.3 Å². The van der Waals surface area contributed by atoms with E-state index in [0.29, 0.717) is 13.1 Å². The van der Waals surface area contributed by atoms with Gasteiger partial charge in [0.1, 0.15) is 11.4 Å². The lowest BCUT2D eigenvalue weighted by molar-refractivity contribution is -0.122. The molecule has 2 aromatic carbocycles. The predicted molar refractivity (Wildman–Crippen MR) is 106 cm³/mol. The van der Waals surface area contributed by atoms with Crippen molar-refractivity contribution in [2.24, 2.45) is 0 Å². The fourth-order valence-electron chi connectivity index (χ4n) is 2.61. The largest absolute Gasteiger partial charge is 0.497 e. The van der Waals surface area contributed by atoms with Crippen molar-refractivity contribution in [1.29, 1.82) is 0 Å². The Hall–Kier alpha value is -2.76. The fraction of sp³-hybridized carbons (Fsp3) is 0.429. The number of ether oxygens (including phenoxy) is 2. The molecule has 0 aromatic heterocycles. The van der Waals surface area contributed by atoms with E-state index in [9.17, 15) is 9.59 Å². The number of rotatable bonds is 6. The van der Waals surface area contributed by atoms with Gasteiger partial charge in [-0.2, -0.15) is 0 Å². The molecule has 1 atom stereocenters. The van der Waals surface area contributed by atoms with Crippen molar-refractivity contribution >= 4 is 22.8 Å². The van der Waals surface area contributed by atoms with Crippen molar-refractivity contribution in [3.8, 4) is 5.75 Å². The molecule has 0 aliphatic heterocycles. The number of fused-ring (bicyclic) bond motifs is 1. The van der Waals surface area contributed by atoms with Gasteiger partial charge in [-0.15, -0.1) is 0 Å². The second-order valence-corrected chi connectivity index (χ2v) is 7.41. The first-order valence-corrected chi connectivity index (χ1v) is 9.02. The number of methoxy groups -OCH3 is 1. The molecule has 0 saturated heterocycles. The van der Waals surface area contributed by atoms with Gasteiger partial charge in [0.05, 0.1) is 13.0 Å². The van der Waals surface area contributed by atoms with Gasteiger partial charge in [-0.25, -0.2) is 4.79 Å². The molecule has 2 aromatic rings. The van der Waals surface area contributed by atoms with Gasteiger partial charge in [-0.1, -0.05) is 24.3 Å². The molecule has 0 aliphatic carbocycles. The summed E-state index contributed by atoms with van der Waals surface area (Å²) >= 11 is 0. The minimum Gasteiger partial charge on any atom is -0.497 e. The van der Waals surface area contributed by atoms with Gasteiger partial charge in [0.15, 0.2) is 0 Å². The van der Waals surface area contributed by atoms with Crippen LogP contribution in [-0.2, 0) is 9.53 Å². The molecule has 0 heterocycles. The Morgan fingerprint density at radius 3 is 2.30 bits per heavy atom. The van der Waals surface area contributed by atoms with E-state index >= 15 is 0 Å². The maximum absolute atomic E-state index is 12.4. The molecular weight excluding hydrogens is 344 g/mol. The minimum atomic E-state index is -0.540. The normalized spacial score (nSPS) is 12.3. The topological polar surface area (TPSA) is 76.7 Å². The molecule has 6 nitrogen and oxygen atoms in total. The summed E-state index contributed by atoms with van der Waals surface area (Å²) in [7, 11) is 1.64. The van der Waals surface area contributed by atoms with Crippen LogP contribution in [0.15, 0.2) is 36.4 Å². The molecule has 27 heavy (non-hydrogen) atoms. The van der Waals surface area contributed by atoms with Crippen LogP contribution >= 0.6 is 0 Å². The molecule has 0 bridgehead atoms. The van der Waals surface area contributed by atoms with Gasteiger partial charge < -0.3 is 20.1 Å². The molecule has 0 fully saturated rings. The van der Waals surface area contributed by atoms with E-state index in [-0.39, 0.29) is 11.8 Å². The highest BCUT2D eigenvalue weighted by atomic mass is 16.6. The Balaban J connectivity index is 1.87. The van der Waals surface area contributed by atoms with Crippen molar-refractivity contribution in [3.63, 3.8) is 0 Å². The molecule has 0 saturated carbocycles. The fourth-order valence-corrected chi connectivity index (χ4v) is 2.61. The average molecular weight is 372 g/mol. The summed E-state index contributed by atoms with van der Waals surface area (Å²) in [6.07, 6.45) is -0.491. The highest BCUT2D eigenvalue weighted by Crippen LogP contribution is 2.25. The first-order chi connectivity index (χ1) is 12.7. The van der Waals surface area contributed by atoms with Crippen LogP contribution in [-0.4, -0.2) is 37.8 Å². The third-order valence-corrected chi connectivity index (χ3v) is 4.06. The Morgan fingerprint density at radius 1 is 1.00 bits per heavy atom. The van der Waals surface area contributed by atoms with Crippen molar-refractivity contribution in [1.82, 2.24) is 10.6 Å². The Labute approximate surface area is 160 Å². The van der Waals surface area contributed by atoms with E-state index in [4.69, 9.17) is 9.47 Å². The number of amides is 2. The maximum Gasteiger partial charge on any atom is 0.407 e. The van der Waals surface area contributed by atoms with Crippen LogP contribution in [0.2, 0.25) is 0 Å². The predicted octanol–water partition coefficient (Wildman–Crippen LogP) is 3.59. The quantitative estimate of drug-likeness (QED) is 0.760. The second kappa shape index (κ2) is 8.75. The molecule has 146 valence electrons. The summed E-state index contributed by atoms with van der Waals surface area (Å²) in [6, 6.07) is 11.8. The van der Waals surface area contributed by atoms with Crippen molar-refractivity contribution < 1.29 is 19.1 Å². The third-order valence-electron chi connectivity index (χ3n) is 4.06. The standard InChI is InChI=1S/C21H28N2O4/c1-14(19(24)22-10-11-23-20(25)27-21(2,3)4)15-6-7-17-13-18(26-5)9-8-16(17)12-15/h6-9,12-14H,10-11H2,1-5H3,(H,22,24)(H,23,25)/t14-/m0/s1. The highest BCUT2D eigenvalue weighted by Gasteiger charge is 2.17. The summed E-state index contributed by atoms with van der Waals surface area (Å²) in [4.78, 5) is 24.0. The van der Waals surface area contributed by atoms with Crippen LogP contribution in [0.1, 0.15) is 39.2 Å². The van der Waals surface area contributed by atoms with E-state index in [2.05, 4.69) is 10.6 Å². The number of alkyl carbamates (subject to hydrolysis) is 1. The maximum atomic E-state index is 12.4. The van der Waals surface area contributed by atoms with Crippen LogP contribution < -0.4 is 15.4 Å². The van der Waals surface area contributed by atoms with E-state index in [1.165, 1.54) is 0 Å². The van der Waals surface area contributed by atoms with Crippen LogP contribution in [0.5, 0.6) is 5.75 Å². The Morgan fingerprint density at radius 2 is 1.63 bits per heavy atom. The molecule has 6 heteroatoms. The molecule has 2 rings (SSSR count). The van der Waals surface area contributed by atoms with Crippen molar-refractivity contribution in [2.45, 2.75) is 39.2 Å². The van der Waals surface area contributed by atoms with Crippen LogP contribution in [0.4, 0.5) is 4.79 Å². The zero-order valence-corrected chi connectivity index (χ0v) is 16.6. The zero-order valence-electron chi connectivity index (χ0n) is 16.6. The van der Waals surface area contributed by atoms with Gasteiger partial charge in [0.25, 0.3) is 0 Å². The molecule has 0 unspecified atom stereocenters. The summed E-state index contributed by atoms with van der Waals surface area (Å²) in [6.45, 7) is 7.92. The van der Waals surface area contributed by atoms with Gasteiger partial charge in [-0.05, 0) is 56.2 Å². The van der Waals surface area contributed by atoms with E-state index in [0.717, 1.165) is 22.1 Å². The van der Waals surface area contributed by atoms with Gasteiger partial charge in [0.2, 0.25) is 5.91 Å². The van der Waals surface area contributed by atoms with Crippen LogP contribution in [0, 0.1) is 0 Å². The average Bonchev–Trinajstić information content (AvgIpc) is 2.62. The lowest BCUT2D eigenvalue weighted by Crippen LogP contribution is -2.38. The molecule has 0 spiro atoms. The first kappa shape index (κ1) is 20.6. The second-order valence-electron chi connectivity index (χ2n) is 7.41. The number of carbonyl (C=O) groups excluding carboxylic acids is 2. The van der Waals surface area contributed by atoms with Crippen molar-refractivity contribution in [3.05, 3.63) is 42.0 Å². The first-order valence-electron chi connectivity index (χ1n) is 9.02. The number of nitrogens with one attached hydrogen (secondary N) is 2. The lowest BCUT2D eigenvalue weighted by Gasteiger charge is -2.20. The van der Waals surface area contributed by atoms with Gasteiger partial charge >= 0.3 is 6.09 Å². The molecule has 0 radical (unpaired) electrons. The highest BCUT2D eigenvalue weighted by molar-refractivity contribution is 5.88. The number of hydrogen-bond acceptors (Lipinski definition) is 4. The number of carbonyl (C=O) groups is 2. The zero-order chi connectivity index (χ0) is 20.0. The summed E-state index contributed by atoms with van der Waals surface area (Å²) in [5.74, 6) is 0.422. The SMILES string of the molecule is COc1ccc2cc([C@H](C)C(=O)NCCNC(=O)OC(C)(C)C)ccc2c1. The monoisotopic (exact) mass is 372 g/mol. The Kier molecular flexibility index (Phi) is 6.66. The van der Waals surface area contributed by atoms with Gasteiger partial charge in [-0.3, -0.25) is 4.79 Å². The minimum absolute atomic E-state index is 0.0890. The van der Waals surface area contributed by atoms with Gasteiger partial charge in [0, 0.05) is 13.1 Å². The number of hydrogen-bond donors (Lipinski definition) is 2. The number of benzene rings is 2. The molecular formula is C21H28N2O4. The molecule has 2 N–H and O–H groups in total. The Bertz CT molecular complexity index is 811. The summed E-state index contributed by atoms with van der Waals surface area (Å²) in [5, 5.41) is 7.57.